The van der Waals surface area contributed by atoms with Crippen LogP contribution in [0.2, 0.25) is 5.02 Å². The van der Waals surface area contributed by atoms with Gasteiger partial charge in [0.05, 0.1) is 22.1 Å². The van der Waals surface area contributed by atoms with Crippen molar-refractivity contribution in [2.45, 2.75) is 17.7 Å². The van der Waals surface area contributed by atoms with Gasteiger partial charge in [-0.05, 0) is 35.9 Å². The molecule has 6 nitrogen and oxygen atoms in total. The first-order chi connectivity index (χ1) is 14.5. The molecule has 0 saturated carbocycles. The van der Waals surface area contributed by atoms with Gasteiger partial charge in [-0.25, -0.2) is 8.42 Å². The van der Waals surface area contributed by atoms with E-state index in [0.29, 0.717) is 18.2 Å². The maximum atomic E-state index is 13.1. The lowest BCUT2D eigenvalue weighted by atomic mass is 10.1. The molecule has 0 bridgehead atoms. The monoisotopic (exact) mass is 476 g/mol. The van der Waals surface area contributed by atoms with Crippen LogP contribution in [0.5, 0.6) is 0 Å². The van der Waals surface area contributed by atoms with E-state index in [1.807, 2.05) is 0 Å². The molecule has 2 aromatic rings. The van der Waals surface area contributed by atoms with Crippen molar-refractivity contribution in [3.05, 3.63) is 64.2 Å². The molecule has 0 atom stereocenters. The van der Waals surface area contributed by atoms with E-state index in [9.17, 15) is 26.4 Å². The van der Waals surface area contributed by atoms with Crippen molar-refractivity contribution in [2.75, 3.05) is 33.3 Å². The highest BCUT2D eigenvalue weighted by molar-refractivity contribution is 7.89. The van der Waals surface area contributed by atoms with Crippen molar-refractivity contribution in [2.24, 2.45) is 0 Å². The summed E-state index contributed by atoms with van der Waals surface area (Å²) < 4.78 is 71.0. The Labute approximate surface area is 183 Å². The van der Waals surface area contributed by atoms with Crippen molar-refractivity contribution < 1.29 is 31.1 Å². The Balaban J connectivity index is 1.70. The highest BCUT2D eigenvalue weighted by Crippen LogP contribution is 2.36. The predicted octanol–water partition coefficient (Wildman–Crippen LogP) is 3.65. The third-order valence-corrected chi connectivity index (χ3v) is 7.14. The lowest BCUT2D eigenvalue weighted by molar-refractivity contribution is -0.137. The van der Waals surface area contributed by atoms with Gasteiger partial charge in [-0.3, -0.25) is 4.79 Å². The summed E-state index contributed by atoms with van der Waals surface area (Å²) in [4.78, 5) is 13.7. The molecule has 3 rings (SSSR count). The van der Waals surface area contributed by atoms with Gasteiger partial charge in [0.2, 0.25) is 10.0 Å². The third-order valence-electron chi connectivity index (χ3n) is 4.92. The van der Waals surface area contributed by atoms with E-state index in [1.54, 1.807) is 31.4 Å². The number of hydrogen-bond acceptors (Lipinski definition) is 4. The Kier molecular flexibility index (Phi) is 6.95. The molecule has 1 amide bonds. The number of nitrogens with zero attached hydrogens (tertiary/aromatic N) is 2. The van der Waals surface area contributed by atoms with E-state index < -0.39 is 31.7 Å². The number of alkyl halides is 3. The summed E-state index contributed by atoms with van der Waals surface area (Å²) >= 11 is 5.58. The molecule has 2 aromatic carbocycles. The molecule has 31 heavy (non-hydrogen) atoms. The van der Waals surface area contributed by atoms with Gasteiger partial charge < -0.3 is 9.64 Å². The van der Waals surface area contributed by atoms with Crippen LogP contribution in [0.4, 0.5) is 13.2 Å². The van der Waals surface area contributed by atoms with Crippen LogP contribution in [0.15, 0.2) is 47.4 Å². The summed E-state index contributed by atoms with van der Waals surface area (Å²) in [5.41, 5.74) is 0.167. The Morgan fingerprint density at radius 1 is 1.06 bits per heavy atom. The van der Waals surface area contributed by atoms with Gasteiger partial charge in [0.1, 0.15) is 0 Å². The molecule has 1 aliphatic heterocycles. The van der Waals surface area contributed by atoms with Gasteiger partial charge >= 0.3 is 6.18 Å². The van der Waals surface area contributed by atoms with Crippen molar-refractivity contribution in [1.29, 1.82) is 0 Å². The Morgan fingerprint density at radius 2 is 1.68 bits per heavy atom. The number of rotatable bonds is 5. The van der Waals surface area contributed by atoms with Gasteiger partial charge in [-0.15, -0.1) is 0 Å². The lowest BCUT2D eigenvalue weighted by Crippen LogP contribution is -2.50. The van der Waals surface area contributed by atoms with E-state index in [4.69, 9.17) is 16.3 Å². The number of carbonyl (C=O) groups excluding carboxylic acids is 1. The number of benzene rings is 2. The largest absolute Gasteiger partial charge is 0.417 e. The number of carbonyl (C=O) groups is 1. The average molecular weight is 477 g/mol. The van der Waals surface area contributed by atoms with E-state index in [-0.39, 0.29) is 32.1 Å². The smallest absolute Gasteiger partial charge is 0.380 e. The number of halogens is 4. The second kappa shape index (κ2) is 9.15. The molecule has 168 valence electrons. The van der Waals surface area contributed by atoms with Crippen molar-refractivity contribution in [3.63, 3.8) is 0 Å². The fraction of sp³-hybridized carbons (Fsp3) is 0.350. The summed E-state index contributed by atoms with van der Waals surface area (Å²) in [6.07, 6.45) is -4.77. The number of ether oxygens (including phenoxy) is 1. The number of piperazine rings is 1. The van der Waals surface area contributed by atoms with Gasteiger partial charge in [0.15, 0.2) is 0 Å². The normalized spacial score (nSPS) is 15.8. The molecule has 0 N–H and O–H groups in total. The maximum Gasteiger partial charge on any atom is 0.417 e. The van der Waals surface area contributed by atoms with Crippen molar-refractivity contribution >= 4 is 27.5 Å². The highest BCUT2D eigenvalue weighted by atomic mass is 35.5. The number of hydrogen-bond donors (Lipinski definition) is 0. The van der Waals surface area contributed by atoms with E-state index in [2.05, 4.69) is 0 Å². The first-order valence-corrected chi connectivity index (χ1v) is 11.1. The van der Waals surface area contributed by atoms with Crippen LogP contribution in [-0.2, 0) is 27.5 Å². The molecule has 11 heteroatoms. The molecule has 1 fully saturated rings. The number of amides is 1. The van der Waals surface area contributed by atoms with Crippen LogP contribution < -0.4 is 0 Å². The van der Waals surface area contributed by atoms with Crippen LogP contribution >= 0.6 is 11.6 Å². The Hall–Kier alpha value is -2.14. The first kappa shape index (κ1) is 23.5. The van der Waals surface area contributed by atoms with Crippen LogP contribution in [0.3, 0.4) is 0 Å². The molecule has 0 unspecified atom stereocenters. The first-order valence-electron chi connectivity index (χ1n) is 9.28. The molecule has 1 aliphatic rings. The molecular weight excluding hydrogens is 457 g/mol. The van der Waals surface area contributed by atoms with Gasteiger partial charge in [0, 0.05) is 38.9 Å². The molecule has 1 heterocycles. The number of methoxy groups -OCH3 is 1. The summed E-state index contributed by atoms with van der Waals surface area (Å²) in [6.45, 7) is 0.612. The molecule has 0 radical (unpaired) electrons. The quantitative estimate of drug-likeness (QED) is 0.660. The van der Waals surface area contributed by atoms with E-state index >= 15 is 0 Å². The van der Waals surface area contributed by atoms with Crippen molar-refractivity contribution in [1.82, 2.24) is 9.21 Å². The van der Waals surface area contributed by atoms with Crippen molar-refractivity contribution in [3.8, 4) is 0 Å². The predicted molar refractivity (Wildman–Crippen MR) is 108 cm³/mol. The summed E-state index contributed by atoms with van der Waals surface area (Å²) in [5.74, 6) is -0.244. The summed E-state index contributed by atoms with van der Waals surface area (Å²) in [7, 11) is -2.59. The Bertz CT molecular complexity index is 1050. The SMILES string of the molecule is COCc1ccc(C(=O)N2CCN(S(=O)(=O)c3ccc(Cl)c(C(F)(F)F)c3)CC2)cc1. The van der Waals surface area contributed by atoms with Crippen LogP contribution in [0.25, 0.3) is 0 Å². The summed E-state index contributed by atoms with van der Waals surface area (Å²) in [5, 5.41) is -0.571. The topological polar surface area (TPSA) is 66.9 Å². The van der Waals surface area contributed by atoms with Crippen LogP contribution in [-0.4, -0.2) is 56.8 Å². The van der Waals surface area contributed by atoms with E-state index in [0.717, 1.165) is 22.0 Å². The zero-order chi connectivity index (χ0) is 22.8. The number of sulfonamides is 1. The van der Waals surface area contributed by atoms with Gasteiger partial charge in [-0.2, -0.15) is 17.5 Å². The zero-order valence-electron chi connectivity index (χ0n) is 16.5. The highest BCUT2D eigenvalue weighted by Gasteiger charge is 2.36. The minimum absolute atomic E-state index is 0.0280. The van der Waals surface area contributed by atoms with Crippen LogP contribution in [0.1, 0.15) is 21.5 Å². The molecular formula is C20H20ClF3N2O4S. The maximum absolute atomic E-state index is 13.1. The van der Waals surface area contributed by atoms with Gasteiger partial charge in [-0.1, -0.05) is 23.7 Å². The standard InChI is InChI=1S/C20H20ClF3N2O4S/c1-30-13-14-2-4-15(5-3-14)19(27)25-8-10-26(11-9-25)31(28,29)16-6-7-18(21)17(12-16)20(22,23)24/h2-7,12H,8-11,13H2,1H3. The molecule has 0 aromatic heterocycles. The zero-order valence-corrected chi connectivity index (χ0v) is 18.1. The molecule has 0 aliphatic carbocycles. The molecule has 0 spiro atoms. The lowest BCUT2D eigenvalue weighted by Gasteiger charge is -2.34. The molecule has 1 saturated heterocycles. The Morgan fingerprint density at radius 3 is 2.23 bits per heavy atom. The fourth-order valence-corrected chi connectivity index (χ4v) is 4.93. The van der Waals surface area contributed by atoms with E-state index in [1.165, 1.54) is 4.90 Å². The fourth-order valence-electron chi connectivity index (χ4n) is 3.26. The second-order valence-electron chi connectivity index (χ2n) is 6.97. The minimum atomic E-state index is -4.77. The second-order valence-corrected chi connectivity index (χ2v) is 9.31. The minimum Gasteiger partial charge on any atom is -0.380 e. The summed E-state index contributed by atoms with van der Waals surface area (Å²) in [6, 6.07) is 9.40. The van der Waals surface area contributed by atoms with Gasteiger partial charge in [0.25, 0.3) is 5.91 Å². The third kappa shape index (κ3) is 5.20. The van der Waals surface area contributed by atoms with Crippen LogP contribution in [0, 0.1) is 0 Å². The average Bonchev–Trinajstić information content (AvgIpc) is 2.73.